The third-order valence-corrected chi connectivity index (χ3v) is 4.81. The molecule has 0 saturated heterocycles. The average molecular weight is 357 g/mol. The van der Waals surface area contributed by atoms with Crippen LogP contribution in [0, 0.1) is 12.7 Å². The summed E-state index contributed by atoms with van der Waals surface area (Å²) in [7, 11) is 0. The largest absolute Gasteiger partial charge is 0.365 e. The van der Waals surface area contributed by atoms with Crippen LogP contribution in [-0.4, -0.2) is 18.2 Å². The Balaban J connectivity index is 2.22. The molecule has 2 N–H and O–H groups in total. The molecule has 140 valence electrons. The molecule has 1 fully saturated rings. The Morgan fingerprint density at radius 1 is 1.31 bits per heavy atom. The molecule has 1 aliphatic carbocycles. The molecule has 0 bridgehead atoms. The van der Waals surface area contributed by atoms with Gasteiger partial charge in [-0.25, -0.2) is 9.38 Å². The maximum atomic E-state index is 14.0. The van der Waals surface area contributed by atoms with Gasteiger partial charge in [-0.3, -0.25) is 4.79 Å². The summed E-state index contributed by atoms with van der Waals surface area (Å²) in [6.07, 6.45) is 2.14. The Kier molecular flexibility index (Phi) is 6.01. The van der Waals surface area contributed by atoms with Crippen LogP contribution < -0.4 is 10.6 Å². The number of hydrogen-bond donors (Lipinski definition) is 2. The molecule has 0 unspecified atom stereocenters. The Morgan fingerprint density at radius 3 is 2.46 bits per heavy atom. The van der Waals surface area contributed by atoms with Crippen LogP contribution in [0.25, 0.3) is 0 Å². The minimum Gasteiger partial charge on any atom is -0.365 e. The van der Waals surface area contributed by atoms with E-state index in [2.05, 4.69) is 29.3 Å². The Morgan fingerprint density at radius 2 is 1.96 bits per heavy atom. The van der Waals surface area contributed by atoms with E-state index in [0.29, 0.717) is 17.0 Å². The highest BCUT2D eigenvalue weighted by molar-refractivity contribution is 5.98. The zero-order valence-corrected chi connectivity index (χ0v) is 16.3. The Bertz CT molecular complexity index is 764. The maximum Gasteiger partial charge on any atom is 0.251 e. The smallest absolute Gasteiger partial charge is 0.251 e. The summed E-state index contributed by atoms with van der Waals surface area (Å²) in [5.74, 6) is 0.0700. The van der Waals surface area contributed by atoms with Crippen LogP contribution in [-0.2, 0) is 11.3 Å². The van der Waals surface area contributed by atoms with Gasteiger partial charge < -0.3 is 10.6 Å². The molecule has 0 spiro atoms. The number of nitrogens with zero attached hydrogens (tertiary/aromatic N) is 1. The summed E-state index contributed by atoms with van der Waals surface area (Å²) in [6.45, 7) is 13.4. The molecule has 0 aliphatic heterocycles. The van der Waals surface area contributed by atoms with Crippen molar-refractivity contribution < 1.29 is 9.18 Å². The highest BCUT2D eigenvalue weighted by Gasteiger charge is 2.38. The molecule has 4 nitrogen and oxygen atoms in total. The highest BCUT2D eigenvalue weighted by atomic mass is 19.1. The molecule has 0 radical (unpaired) electrons. The Labute approximate surface area is 155 Å². The summed E-state index contributed by atoms with van der Waals surface area (Å²) >= 11 is 0. The summed E-state index contributed by atoms with van der Waals surface area (Å²) in [6, 6.07) is 4.90. The number of halogens is 1. The quantitative estimate of drug-likeness (QED) is 0.437. The van der Waals surface area contributed by atoms with Gasteiger partial charge in [0.25, 0.3) is 5.91 Å². The second kappa shape index (κ2) is 7.85. The molecule has 1 saturated carbocycles. The van der Waals surface area contributed by atoms with Gasteiger partial charge in [0.15, 0.2) is 0 Å². The molecule has 0 aromatic heterocycles. The third-order valence-electron chi connectivity index (χ3n) is 4.81. The van der Waals surface area contributed by atoms with Crippen LogP contribution >= 0.6 is 0 Å². The molecule has 0 atom stereocenters. The van der Waals surface area contributed by atoms with Crippen LogP contribution in [0.4, 0.5) is 4.39 Å². The number of benzene rings is 1. The van der Waals surface area contributed by atoms with Crippen molar-refractivity contribution in [2.75, 3.05) is 0 Å². The zero-order valence-electron chi connectivity index (χ0n) is 16.3. The number of rotatable bonds is 7. The van der Waals surface area contributed by atoms with Gasteiger partial charge in [-0.2, -0.15) is 0 Å². The molecular weight excluding hydrogens is 329 g/mol. The average Bonchev–Trinajstić information content (AvgIpc) is 3.29. The van der Waals surface area contributed by atoms with Crippen molar-refractivity contribution in [1.82, 2.24) is 10.6 Å². The van der Waals surface area contributed by atoms with Crippen molar-refractivity contribution in [1.29, 1.82) is 0 Å². The number of allylic oxidation sites excluding steroid dienone is 1. The number of aryl methyl sites for hydroxylation is 1. The number of hydrogen-bond acceptors (Lipinski definition) is 3. The van der Waals surface area contributed by atoms with E-state index in [9.17, 15) is 9.18 Å². The van der Waals surface area contributed by atoms with E-state index in [1.807, 2.05) is 33.8 Å². The topological polar surface area (TPSA) is 53.5 Å². The fourth-order valence-electron chi connectivity index (χ4n) is 2.89. The summed E-state index contributed by atoms with van der Waals surface area (Å²) in [4.78, 5) is 16.9. The van der Waals surface area contributed by atoms with Crippen LogP contribution in [0.15, 0.2) is 45.7 Å². The minimum atomic E-state index is -0.312. The molecule has 1 aliphatic rings. The van der Waals surface area contributed by atoms with Crippen molar-refractivity contribution >= 4 is 12.6 Å². The van der Waals surface area contributed by atoms with E-state index < -0.39 is 0 Å². The third kappa shape index (κ3) is 4.59. The number of nitrogens with one attached hydrogen (secondary N) is 2. The molecule has 1 amide bonds. The standard InChI is InChI=1S/C21H28FN3O/c1-13(2)18(15(4)19(23-6)25-21(5)10-11-21)20(26)24-12-16-14(3)8-7-9-17(16)22/h7-9,25H,6,10-12H2,1-5H3,(H,24,26)/b19-15-. The van der Waals surface area contributed by atoms with E-state index in [0.717, 1.165) is 29.6 Å². The molecule has 1 aromatic carbocycles. The predicted molar refractivity (Wildman–Crippen MR) is 104 cm³/mol. The predicted octanol–water partition coefficient (Wildman–Crippen LogP) is 4.16. The lowest BCUT2D eigenvalue weighted by molar-refractivity contribution is -0.117. The highest BCUT2D eigenvalue weighted by Crippen LogP contribution is 2.36. The van der Waals surface area contributed by atoms with Crippen molar-refractivity contribution in [2.45, 2.75) is 59.5 Å². The van der Waals surface area contributed by atoms with Gasteiger partial charge in [0, 0.05) is 28.8 Å². The normalized spacial score (nSPS) is 15.6. The molecule has 26 heavy (non-hydrogen) atoms. The molecular formula is C21H28FN3O. The monoisotopic (exact) mass is 357 g/mol. The lowest BCUT2D eigenvalue weighted by Crippen LogP contribution is -2.30. The van der Waals surface area contributed by atoms with E-state index in [-0.39, 0.29) is 23.8 Å². The van der Waals surface area contributed by atoms with Crippen LogP contribution in [0.2, 0.25) is 0 Å². The van der Waals surface area contributed by atoms with Crippen LogP contribution in [0.3, 0.4) is 0 Å². The van der Waals surface area contributed by atoms with Crippen molar-refractivity contribution in [2.24, 2.45) is 4.99 Å². The number of carbonyl (C=O) groups excluding carboxylic acids is 1. The molecule has 1 aromatic rings. The Hall–Kier alpha value is -2.43. The number of aliphatic imine (C=N–C) groups is 1. The molecule has 5 heteroatoms. The van der Waals surface area contributed by atoms with E-state index in [4.69, 9.17) is 0 Å². The van der Waals surface area contributed by atoms with Gasteiger partial charge in [-0.1, -0.05) is 17.7 Å². The minimum absolute atomic E-state index is 0.0330. The van der Waals surface area contributed by atoms with Gasteiger partial charge in [-0.05, 0) is 65.8 Å². The fraction of sp³-hybridized carbons (Fsp3) is 0.429. The van der Waals surface area contributed by atoms with Gasteiger partial charge in [0.1, 0.15) is 11.6 Å². The van der Waals surface area contributed by atoms with E-state index in [1.54, 1.807) is 6.07 Å². The number of carbonyl (C=O) groups is 1. The van der Waals surface area contributed by atoms with Crippen molar-refractivity contribution in [3.8, 4) is 0 Å². The van der Waals surface area contributed by atoms with Crippen molar-refractivity contribution in [3.05, 3.63) is 57.7 Å². The molecule has 0 heterocycles. The van der Waals surface area contributed by atoms with Gasteiger partial charge in [0.2, 0.25) is 0 Å². The van der Waals surface area contributed by atoms with Gasteiger partial charge >= 0.3 is 0 Å². The second-order valence-electron chi connectivity index (χ2n) is 7.41. The summed E-state index contributed by atoms with van der Waals surface area (Å²) in [5.41, 5.74) is 3.52. The SMILES string of the molecule is C=N/C(NC1(C)CC1)=C(\C)C(C(=O)NCc1c(C)cccc1F)=C(C)C. The van der Waals surface area contributed by atoms with Crippen LogP contribution in [0.5, 0.6) is 0 Å². The maximum absolute atomic E-state index is 14.0. The summed E-state index contributed by atoms with van der Waals surface area (Å²) in [5, 5.41) is 6.21. The lowest BCUT2D eigenvalue weighted by atomic mass is 10.0. The lowest BCUT2D eigenvalue weighted by Gasteiger charge is -2.19. The second-order valence-corrected chi connectivity index (χ2v) is 7.41. The van der Waals surface area contributed by atoms with Crippen molar-refractivity contribution in [3.63, 3.8) is 0 Å². The van der Waals surface area contributed by atoms with Crippen LogP contribution in [0.1, 0.15) is 51.7 Å². The first kappa shape index (κ1) is 19.9. The zero-order chi connectivity index (χ0) is 19.5. The van der Waals surface area contributed by atoms with Gasteiger partial charge in [-0.15, -0.1) is 0 Å². The van der Waals surface area contributed by atoms with Gasteiger partial charge in [0.05, 0.1) is 0 Å². The fourth-order valence-corrected chi connectivity index (χ4v) is 2.89. The van der Waals surface area contributed by atoms with E-state index >= 15 is 0 Å². The first-order chi connectivity index (χ1) is 12.2. The molecule has 2 rings (SSSR count). The first-order valence-electron chi connectivity index (χ1n) is 8.84. The summed E-state index contributed by atoms with van der Waals surface area (Å²) < 4.78 is 14.0. The number of amides is 1. The van der Waals surface area contributed by atoms with E-state index in [1.165, 1.54) is 6.07 Å². The first-order valence-corrected chi connectivity index (χ1v) is 8.84.